The van der Waals surface area contributed by atoms with Gasteiger partial charge in [-0.15, -0.1) is 12.4 Å². The summed E-state index contributed by atoms with van der Waals surface area (Å²) in [5, 5.41) is 5.75. The minimum absolute atomic E-state index is 0. The maximum atomic E-state index is 13.0. The molecule has 5 nitrogen and oxygen atoms in total. The van der Waals surface area contributed by atoms with E-state index in [1.165, 1.54) is 18.0 Å². The van der Waals surface area contributed by atoms with Crippen molar-refractivity contribution in [2.24, 2.45) is 11.3 Å². The van der Waals surface area contributed by atoms with E-state index in [2.05, 4.69) is 10.6 Å². The molecule has 1 aromatic carbocycles. The number of hydrogen-bond donors (Lipinski definition) is 2. The third kappa shape index (κ3) is 4.97. The van der Waals surface area contributed by atoms with E-state index in [1.807, 2.05) is 0 Å². The van der Waals surface area contributed by atoms with Gasteiger partial charge in [0, 0.05) is 19.5 Å². The van der Waals surface area contributed by atoms with Crippen LogP contribution in [0.15, 0.2) is 24.3 Å². The van der Waals surface area contributed by atoms with E-state index >= 15 is 0 Å². The average molecular weight is 420 g/mol. The van der Waals surface area contributed by atoms with Gasteiger partial charge in [-0.3, -0.25) is 9.59 Å². The van der Waals surface area contributed by atoms with Crippen LogP contribution in [0.5, 0.6) is 0 Å². The molecule has 2 aliphatic rings. The van der Waals surface area contributed by atoms with Gasteiger partial charge in [0.25, 0.3) is 0 Å². The molecule has 1 aromatic rings. The number of alkyl halides is 3. The number of likely N-dealkylation sites (N-methyl/N-ethyl adjacent to an activating group) is 1. The Balaban J connectivity index is 0.00000280. The first-order valence-electron chi connectivity index (χ1n) is 9.11. The second-order valence-corrected chi connectivity index (χ2v) is 7.43. The van der Waals surface area contributed by atoms with Crippen molar-refractivity contribution in [1.82, 2.24) is 15.5 Å². The van der Waals surface area contributed by atoms with Crippen molar-refractivity contribution < 1.29 is 22.8 Å². The molecule has 1 saturated heterocycles. The molecule has 1 heterocycles. The highest BCUT2D eigenvalue weighted by Gasteiger charge is 2.58. The molecule has 1 spiro atoms. The van der Waals surface area contributed by atoms with Gasteiger partial charge in [0.15, 0.2) is 0 Å². The van der Waals surface area contributed by atoms with E-state index < -0.39 is 11.7 Å². The molecular weight excluding hydrogens is 395 g/mol. The SMILES string of the molecule is CNC(=O)CN(Cc1cccc(C(F)(F)F)c1)C(=O)C1CC12CCNCC2.Cl. The fraction of sp³-hybridized carbons (Fsp3) is 0.579. The fourth-order valence-corrected chi connectivity index (χ4v) is 3.93. The first-order chi connectivity index (χ1) is 12.7. The molecule has 1 saturated carbocycles. The van der Waals surface area contributed by atoms with E-state index in [-0.39, 0.29) is 48.6 Å². The number of benzene rings is 1. The lowest BCUT2D eigenvalue weighted by Gasteiger charge is -2.27. The third-order valence-electron chi connectivity index (χ3n) is 5.64. The Kier molecular flexibility index (Phi) is 6.98. The number of nitrogens with one attached hydrogen (secondary N) is 2. The zero-order valence-corrected chi connectivity index (χ0v) is 16.5. The quantitative estimate of drug-likeness (QED) is 0.771. The number of rotatable bonds is 5. The van der Waals surface area contributed by atoms with Gasteiger partial charge in [-0.25, -0.2) is 0 Å². The Morgan fingerprint density at radius 2 is 1.96 bits per heavy atom. The van der Waals surface area contributed by atoms with Gasteiger partial charge in [-0.2, -0.15) is 13.2 Å². The second-order valence-electron chi connectivity index (χ2n) is 7.43. The number of hydrogen-bond acceptors (Lipinski definition) is 3. The summed E-state index contributed by atoms with van der Waals surface area (Å²) < 4.78 is 38.9. The largest absolute Gasteiger partial charge is 0.416 e. The molecule has 2 amide bonds. The lowest BCUT2D eigenvalue weighted by molar-refractivity contribution is -0.138. The Bertz CT molecular complexity index is 721. The Hall–Kier alpha value is -1.80. The molecule has 3 rings (SSSR count). The molecule has 1 unspecified atom stereocenters. The molecule has 0 radical (unpaired) electrons. The van der Waals surface area contributed by atoms with Crippen LogP contribution in [-0.4, -0.2) is 43.4 Å². The van der Waals surface area contributed by atoms with E-state index in [0.29, 0.717) is 5.56 Å². The van der Waals surface area contributed by atoms with Crippen molar-refractivity contribution in [3.63, 3.8) is 0 Å². The molecule has 1 atom stereocenters. The number of halogens is 4. The first-order valence-corrected chi connectivity index (χ1v) is 9.11. The van der Waals surface area contributed by atoms with Gasteiger partial charge in [-0.1, -0.05) is 12.1 Å². The van der Waals surface area contributed by atoms with Gasteiger partial charge < -0.3 is 15.5 Å². The van der Waals surface area contributed by atoms with Crippen molar-refractivity contribution in [2.75, 3.05) is 26.7 Å². The zero-order valence-electron chi connectivity index (χ0n) is 15.6. The molecule has 0 aromatic heterocycles. The van der Waals surface area contributed by atoms with Crippen LogP contribution >= 0.6 is 12.4 Å². The van der Waals surface area contributed by atoms with E-state index in [0.717, 1.165) is 44.5 Å². The van der Waals surface area contributed by atoms with Gasteiger partial charge in [-0.05, 0) is 55.5 Å². The Labute approximate surface area is 168 Å². The molecule has 1 aliphatic heterocycles. The van der Waals surface area contributed by atoms with Crippen LogP contribution in [0.2, 0.25) is 0 Å². The Morgan fingerprint density at radius 3 is 2.57 bits per heavy atom. The summed E-state index contributed by atoms with van der Waals surface area (Å²) in [5.41, 5.74) is -0.396. The lowest BCUT2D eigenvalue weighted by Crippen LogP contribution is -2.41. The zero-order chi connectivity index (χ0) is 19.7. The van der Waals surface area contributed by atoms with Crippen LogP contribution in [0.1, 0.15) is 30.4 Å². The van der Waals surface area contributed by atoms with Crippen molar-refractivity contribution in [2.45, 2.75) is 32.0 Å². The number of nitrogens with zero attached hydrogens (tertiary/aromatic N) is 1. The summed E-state index contributed by atoms with van der Waals surface area (Å²) in [6.07, 6.45) is -1.82. The smallest absolute Gasteiger partial charge is 0.358 e. The maximum Gasteiger partial charge on any atom is 0.416 e. The normalized spacial score (nSPS) is 20.2. The van der Waals surface area contributed by atoms with Crippen LogP contribution in [0, 0.1) is 11.3 Å². The molecule has 156 valence electrons. The first kappa shape index (κ1) is 22.5. The molecule has 2 N–H and O–H groups in total. The number of carbonyl (C=O) groups excluding carboxylic acids is 2. The highest BCUT2D eigenvalue weighted by molar-refractivity contribution is 5.88. The molecular formula is C19H25ClF3N3O2. The van der Waals surface area contributed by atoms with E-state index in [4.69, 9.17) is 0 Å². The molecule has 28 heavy (non-hydrogen) atoms. The summed E-state index contributed by atoms with van der Waals surface area (Å²) in [4.78, 5) is 26.3. The van der Waals surface area contributed by atoms with Gasteiger partial charge in [0.05, 0.1) is 12.1 Å². The molecule has 9 heteroatoms. The van der Waals surface area contributed by atoms with Crippen molar-refractivity contribution in [3.8, 4) is 0 Å². The summed E-state index contributed by atoms with van der Waals surface area (Å²) in [7, 11) is 1.47. The molecule has 1 aliphatic carbocycles. The standard InChI is InChI=1S/C19H24F3N3O2.ClH/c1-23-16(26)12-25(11-13-3-2-4-14(9-13)19(20,21)22)17(27)15-10-18(15)5-7-24-8-6-18;/h2-4,9,15,24H,5-8,10-12H2,1H3,(H,23,26);1H. The van der Waals surface area contributed by atoms with Crippen molar-refractivity contribution >= 4 is 24.2 Å². The van der Waals surface area contributed by atoms with Crippen molar-refractivity contribution in [1.29, 1.82) is 0 Å². The minimum Gasteiger partial charge on any atom is -0.358 e. The summed E-state index contributed by atoms with van der Waals surface area (Å²) in [6.45, 7) is 1.57. The van der Waals surface area contributed by atoms with E-state index in [9.17, 15) is 22.8 Å². The van der Waals surface area contributed by atoms with Crippen LogP contribution in [0.25, 0.3) is 0 Å². The van der Waals surface area contributed by atoms with Crippen LogP contribution < -0.4 is 10.6 Å². The summed E-state index contributed by atoms with van der Waals surface area (Å²) in [6, 6.07) is 4.91. The maximum absolute atomic E-state index is 13.0. The third-order valence-corrected chi connectivity index (χ3v) is 5.64. The topological polar surface area (TPSA) is 61.4 Å². The predicted octanol–water partition coefficient (Wildman–Crippen LogP) is 2.59. The second kappa shape index (κ2) is 8.69. The van der Waals surface area contributed by atoms with E-state index in [1.54, 1.807) is 6.07 Å². The molecule has 0 bridgehead atoms. The predicted molar refractivity (Wildman–Crippen MR) is 101 cm³/mol. The van der Waals surface area contributed by atoms with Crippen molar-refractivity contribution in [3.05, 3.63) is 35.4 Å². The highest BCUT2D eigenvalue weighted by Crippen LogP contribution is 2.59. The number of piperidine rings is 1. The molecule has 2 fully saturated rings. The number of carbonyl (C=O) groups is 2. The van der Waals surface area contributed by atoms with Gasteiger partial charge in [0.2, 0.25) is 11.8 Å². The average Bonchev–Trinajstić information content (AvgIpc) is 3.33. The van der Waals surface area contributed by atoms with Gasteiger partial charge >= 0.3 is 6.18 Å². The monoisotopic (exact) mass is 419 g/mol. The summed E-state index contributed by atoms with van der Waals surface area (Å²) in [5.74, 6) is -0.622. The van der Waals surface area contributed by atoms with Gasteiger partial charge in [0.1, 0.15) is 0 Å². The van der Waals surface area contributed by atoms with Crippen LogP contribution in [0.3, 0.4) is 0 Å². The minimum atomic E-state index is -4.44. The Morgan fingerprint density at radius 1 is 1.29 bits per heavy atom. The van der Waals surface area contributed by atoms with Crippen LogP contribution in [0.4, 0.5) is 13.2 Å². The fourth-order valence-electron chi connectivity index (χ4n) is 3.93. The highest BCUT2D eigenvalue weighted by atomic mass is 35.5. The lowest BCUT2D eigenvalue weighted by atomic mass is 9.91. The van der Waals surface area contributed by atoms with Crippen LogP contribution in [-0.2, 0) is 22.3 Å². The number of amides is 2. The summed E-state index contributed by atoms with van der Waals surface area (Å²) >= 11 is 0.